The molecule has 0 spiro atoms. The first-order valence-electron chi connectivity index (χ1n) is 9.58. The summed E-state index contributed by atoms with van der Waals surface area (Å²) in [6, 6.07) is 14.2. The van der Waals surface area contributed by atoms with Crippen molar-refractivity contribution >= 4 is 28.2 Å². The predicted molar refractivity (Wildman–Crippen MR) is 113 cm³/mol. The Morgan fingerprint density at radius 3 is 2.52 bits per heavy atom. The number of ether oxygens (including phenoxy) is 1. The molecule has 29 heavy (non-hydrogen) atoms. The summed E-state index contributed by atoms with van der Waals surface area (Å²) in [4.78, 5) is 31.9. The third-order valence-electron chi connectivity index (χ3n) is 4.75. The van der Waals surface area contributed by atoms with Crippen LogP contribution in [-0.4, -0.2) is 27.9 Å². The minimum Gasteiger partial charge on any atom is -0.494 e. The smallest absolute Gasteiger partial charge is 0.282 e. The number of benzene rings is 2. The fourth-order valence-corrected chi connectivity index (χ4v) is 3.47. The van der Waals surface area contributed by atoms with Gasteiger partial charge >= 0.3 is 0 Å². The van der Waals surface area contributed by atoms with Crippen LogP contribution < -0.4 is 15.2 Å². The summed E-state index contributed by atoms with van der Waals surface area (Å²) in [5, 5.41) is 4.90. The van der Waals surface area contributed by atoms with E-state index in [9.17, 15) is 9.59 Å². The molecule has 1 atom stereocenters. The van der Waals surface area contributed by atoms with Crippen LogP contribution in [0, 0.1) is 0 Å². The molecule has 1 fully saturated rings. The number of hydrogen-bond acceptors (Lipinski definition) is 5. The van der Waals surface area contributed by atoms with Gasteiger partial charge in [0.15, 0.2) is 5.82 Å². The van der Waals surface area contributed by atoms with E-state index < -0.39 is 0 Å². The lowest BCUT2D eigenvalue weighted by molar-refractivity contribution is -0.124. The van der Waals surface area contributed by atoms with E-state index in [-0.39, 0.29) is 23.9 Å². The quantitative estimate of drug-likeness (QED) is 0.493. The SMILES string of the molecule is CCOc1ccc(N2C(=O)CC2c2nc3ccccc3c(=O)n2N=C(C)C)cc1. The lowest BCUT2D eigenvalue weighted by Gasteiger charge is -2.40. The minimum atomic E-state index is -0.360. The normalized spacial score (nSPS) is 15.9. The Morgan fingerprint density at radius 1 is 1.14 bits per heavy atom. The predicted octanol–water partition coefficient (Wildman–Crippen LogP) is 3.52. The van der Waals surface area contributed by atoms with Crippen molar-refractivity contribution in [1.29, 1.82) is 0 Å². The molecule has 7 heteroatoms. The van der Waals surface area contributed by atoms with Crippen LogP contribution in [0.5, 0.6) is 5.75 Å². The average molecular weight is 390 g/mol. The van der Waals surface area contributed by atoms with Gasteiger partial charge in [0, 0.05) is 11.4 Å². The summed E-state index contributed by atoms with van der Waals surface area (Å²) in [6.45, 7) is 6.14. The van der Waals surface area contributed by atoms with Crippen molar-refractivity contribution in [2.75, 3.05) is 11.5 Å². The number of carbonyl (C=O) groups is 1. The van der Waals surface area contributed by atoms with Gasteiger partial charge in [-0.1, -0.05) is 12.1 Å². The van der Waals surface area contributed by atoms with Crippen molar-refractivity contribution in [2.24, 2.45) is 5.10 Å². The third-order valence-corrected chi connectivity index (χ3v) is 4.75. The van der Waals surface area contributed by atoms with Crippen molar-refractivity contribution < 1.29 is 9.53 Å². The number of fused-ring (bicyclic) bond motifs is 1. The van der Waals surface area contributed by atoms with Gasteiger partial charge in [0.2, 0.25) is 5.91 Å². The molecule has 4 rings (SSSR count). The summed E-state index contributed by atoms with van der Waals surface area (Å²) in [7, 11) is 0. The van der Waals surface area contributed by atoms with Crippen LogP contribution in [-0.2, 0) is 4.79 Å². The Bertz CT molecular complexity index is 1160. The topological polar surface area (TPSA) is 76.8 Å². The fourth-order valence-electron chi connectivity index (χ4n) is 3.47. The molecule has 2 aromatic carbocycles. The largest absolute Gasteiger partial charge is 0.494 e. The molecule has 3 aromatic rings. The first-order chi connectivity index (χ1) is 14.0. The summed E-state index contributed by atoms with van der Waals surface area (Å²) in [5.74, 6) is 1.18. The molecule has 0 aliphatic carbocycles. The highest BCUT2D eigenvalue weighted by atomic mass is 16.5. The zero-order chi connectivity index (χ0) is 20.5. The van der Waals surface area contributed by atoms with Crippen LogP contribution in [0.15, 0.2) is 58.4 Å². The van der Waals surface area contributed by atoms with Crippen molar-refractivity contribution in [1.82, 2.24) is 9.66 Å². The van der Waals surface area contributed by atoms with Crippen molar-refractivity contribution in [3.63, 3.8) is 0 Å². The Balaban J connectivity index is 1.82. The summed E-state index contributed by atoms with van der Waals surface area (Å²) >= 11 is 0. The molecule has 0 bridgehead atoms. The molecule has 148 valence electrons. The summed E-state index contributed by atoms with van der Waals surface area (Å²) in [5.41, 5.74) is 1.82. The van der Waals surface area contributed by atoms with Crippen molar-refractivity contribution in [2.45, 2.75) is 33.2 Å². The van der Waals surface area contributed by atoms with Crippen LogP contribution in [0.2, 0.25) is 0 Å². The van der Waals surface area contributed by atoms with Gasteiger partial charge < -0.3 is 9.64 Å². The molecule has 1 aliphatic heterocycles. The third kappa shape index (κ3) is 3.40. The lowest BCUT2D eigenvalue weighted by atomic mass is 9.99. The molecule has 1 aromatic heterocycles. The van der Waals surface area contributed by atoms with Crippen LogP contribution >= 0.6 is 0 Å². The number of rotatable bonds is 5. The maximum atomic E-state index is 13.1. The average Bonchev–Trinajstić information content (AvgIpc) is 2.70. The Labute approximate surface area is 168 Å². The fraction of sp³-hybridized carbons (Fsp3) is 0.273. The number of amides is 1. The standard InChI is InChI=1S/C22H22N4O3/c1-4-29-16-11-9-15(10-12-16)25-19(13-20(25)27)21-23-18-8-6-5-7-17(18)22(28)26(21)24-14(2)3/h5-12,19H,4,13H2,1-3H3. The number of anilines is 1. The van der Waals surface area contributed by atoms with Gasteiger partial charge in [0.05, 0.1) is 23.9 Å². The van der Waals surface area contributed by atoms with Gasteiger partial charge in [-0.05, 0) is 57.2 Å². The molecular formula is C22H22N4O3. The van der Waals surface area contributed by atoms with E-state index >= 15 is 0 Å². The van der Waals surface area contributed by atoms with Crippen molar-refractivity contribution in [3.05, 3.63) is 64.7 Å². The van der Waals surface area contributed by atoms with Gasteiger partial charge in [0.25, 0.3) is 5.56 Å². The van der Waals surface area contributed by atoms with E-state index in [1.807, 2.05) is 51.1 Å². The number of carbonyl (C=O) groups excluding carboxylic acids is 1. The van der Waals surface area contributed by atoms with Crippen LogP contribution in [0.4, 0.5) is 5.69 Å². The van der Waals surface area contributed by atoms with Crippen LogP contribution in [0.3, 0.4) is 0 Å². The molecular weight excluding hydrogens is 368 g/mol. The highest BCUT2D eigenvalue weighted by molar-refractivity contribution is 6.01. The van der Waals surface area contributed by atoms with E-state index in [0.717, 1.165) is 17.1 Å². The summed E-state index contributed by atoms with van der Waals surface area (Å²) in [6.07, 6.45) is 0.274. The molecule has 0 saturated carbocycles. The van der Waals surface area contributed by atoms with Gasteiger partial charge in [-0.3, -0.25) is 9.59 Å². The molecule has 0 N–H and O–H groups in total. The monoisotopic (exact) mass is 390 g/mol. The molecule has 1 amide bonds. The Kier molecular flexibility index (Phi) is 4.88. The molecule has 1 unspecified atom stereocenters. The number of nitrogens with zero attached hydrogens (tertiary/aromatic N) is 4. The second-order valence-electron chi connectivity index (χ2n) is 7.06. The zero-order valence-corrected chi connectivity index (χ0v) is 16.6. The van der Waals surface area contributed by atoms with Gasteiger partial charge in [-0.15, -0.1) is 0 Å². The molecule has 0 radical (unpaired) electrons. The van der Waals surface area contributed by atoms with E-state index in [1.165, 1.54) is 4.68 Å². The first-order valence-corrected chi connectivity index (χ1v) is 9.58. The van der Waals surface area contributed by atoms with Crippen LogP contribution in [0.1, 0.15) is 39.1 Å². The van der Waals surface area contributed by atoms with Gasteiger partial charge in [-0.2, -0.15) is 9.78 Å². The number of hydrogen-bond donors (Lipinski definition) is 0. The van der Waals surface area contributed by atoms with Gasteiger partial charge in [0.1, 0.15) is 11.8 Å². The maximum Gasteiger partial charge on any atom is 0.282 e. The Morgan fingerprint density at radius 2 is 1.86 bits per heavy atom. The number of para-hydroxylation sites is 1. The second-order valence-corrected chi connectivity index (χ2v) is 7.06. The molecule has 2 heterocycles. The molecule has 1 aliphatic rings. The molecule has 1 saturated heterocycles. The van der Waals surface area contributed by atoms with Gasteiger partial charge in [-0.25, -0.2) is 4.98 Å². The zero-order valence-electron chi connectivity index (χ0n) is 16.6. The van der Waals surface area contributed by atoms with E-state index in [1.54, 1.807) is 23.1 Å². The molecule has 7 nitrogen and oxygen atoms in total. The lowest BCUT2D eigenvalue weighted by Crippen LogP contribution is -2.48. The van der Waals surface area contributed by atoms with Crippen LogP contribution in [0.25, 0.3) is 10.9 Å². The van der Waals surface area contributed by atoms with E-state index in [0.29, 0.717) is 23.3 Å². The highest BCUT2D eigenvalue weighted by Gasteiger charge is 2.41. The second kappa shape index (κ2) is 7.50. The maximum absolute atomic E-state index is 13.1. The first kappa shape index (κ1) is 18.9. The number of aromatic nitrogens is 2. The highest BCUT2D eigenvalue weighted by Crippen LogP contribution is 2.38. The Hall–Kier alpha value is -3.48. The number of β-lactam (4-membered cyclic amide) rings is 1. The minimum absolute atomic E-state index is 0.0229. The summed E-state index contributed by atoms with van der Waals surface area (Å²) < 4.78 is 6.81. The van der Waals surface area contributed by atoms with E-state index in [4.69, 9.17) is 9.72 Å². The van der Waals surface area contributed by atoms with E-state index in [2.05, 4.69) is 5.10 Å². The van der Waals surface area contributed by atoms with Crippen molar-refractivity contribution in [3.8, 4) is 5.75 Å².